The second kappa shape index (κ2) is 11.5. The summed E-state index contributed by atoms with van der Waals surface area (Å²) in [5, 5.41) is 9.68. The number of benzene rings is 9. The number of rotatable bonds is 5. The summed E-state index contributed by atoms with van der Waals surface area (Å²) in [4.78, 5) is 2.42. The number of fused-ring (bicyclic) bond motifs is 8. The molecular formula is C48H31NO. The minimum atomic E-state index is 0.884. The summed E-state index contributed by atoms with van der Waals surface area (Å²) in [6, 6.07) is 67.6. The Hall–Kier alpha value is -6.64. The van der Waals surface area contributed by atoms with Crippen LogP contribution < -0.4 is 4.90 Å². The van der Waals surface area contributed by atoms with Gasteiger partial charge in [0.25, 0.3) is 0 Å². The predicted octanol–water partition coefficient (Wildman–Crippen LogP) is 13.8. The first kappa shape index (κ1) is 28.4. The SMILES string of the molecule is c1ccc(-c2ccc(N(c3ccc4oc5ccccc5c4c3)c3cccc4c3ccc3ccc5ccccc5c34)cc2-c2ccccc2)cc1. The minimum absolute atomic E-state index is 0.884. The zero-order chi connectivity index (χ0) is 33.0. The molecular weight excluding hydrogens is 607 g/mol. The fourth-order valence-corrected chi connectivity index (χ4v) is 7.72. The van der Waals surface area contributed by atoms with Gasteiger partial charge in [0, 0.05) is 27.5 Å². The van der Waals surface area contributed by atoms with Crippen molar-refractivity contribution in [3.8, 4) is 22.3 Å². The highest BCUT2D eigenvalue weighted by Gasteiger charge is 2.20. The first-order valence-electron chi connectivity index (χ1n) is 17.1. The van der Waals surface area contributed by atoms with E-state index in [2.05, 4.69) is 181 Å². The molecule has 0 aliphatic carbocycles. The molecule has 1 heterocycles. The number of para-hydroxylation sites is 1. The van der Waals surface area contributed by atoms with Crippen LogP contribution in [0, 0.1) is 0 Å². The third-order valence-corrected chi connectivity index (χ3v) is 10.0. The molecule has 0 N–H and O–H groups in total. The third kappa shape index (κ3) is 4.57. The maximum absolute atomic E-state index is 6.28. The highest BCUT2D eigenvalue weighted by Crippen LogP contribution is 2.45. The summed E-state index contributed by atoms with van der Waals surface area (Å²) >= 11 is 0. The molecule has 10 rings (SSSR count). The normalized spacial score (nSPS) is 11.6. The number of hydrogen-bond donors (Lipinski definition) is 0. The van der Waals surface area contributed by atoms with Crippen molar-refractivity contribution in [1.29, 1.82) is 0 Å². The molecule has 0 aliphatic rings. The van der Waals surface area contributed by atoms with Crippen molar-refractivity contribution in [2.24, 2.45) is 0 Å². The molecule has 9 aromatic carbocycles. The molecule has 50 heavy (non-hydrogen) atoms. The van der Waals surface area contributed by atoms with E-state index in [0.717, 1.165) is 39.0 Å². The fourth-order valence-electron chi connectivity index (χ4n) is 7.72. The molecule has 1 aromatic heterocycles. The maximum Gasteiger partial charge on any atom is 0.135 e. The van der Waals surface area contributed by atoms with Gasteiger partial charge in [-0.1, -0.05) is 146 Å². The second-order valence-electron chi connectivity index (χ2n) is 12.9. The molecule has 0 bridgehead atoms. The zero-order valence-electron chi connectivity index (χ0n) is 27.3. The number of anilines is 3. The van der Waals surface area contributed by atoms with E-state index >= 15 is 0 Å². The Morgan fingerprint density at radius 1 is 0.340 bits per heavy atom. The van der Waals surface area contributed by atoms with Crippen molar-refractivity contribution in [3.63, 3.8) is 0 Å². The molecule has 2 heteroatoms. The largest absolute Gasteiger partial charge is 0.456 e. The van der Waals surface area contributed by atoms with Crippen molar-refractivity contribution in [2.45, 2.75) is 0 Å². The lowest BCUT2D eigenvalue weighted by atomic mass is 9.93. The highest BCUT2D eigenvalue weighted by molar-refractivity contribution is 6.22. The number of hydrogen-bond acceptors (Lipinski definition) is 2. The first-order chi connectivity index (χ1) is 24.8. The molecule has 0 amide bonds. The van der Waals surface area contributed by atoms with Crippen LogP contribution in [0.15, 0.2) is 192 Å². The molecule has 0 unspecified atom stereocenters. The summed E-state index contributed by atoms with van der Waals surface area (Å²) < 4.78 is 6.28. The average molecular weight is 638 g/mol. The van der Waals surface area contributed by atoms with Crippen LogP contribution in [0.3, 0.4) is 0 Å². The van der Waals surface area contributed by atoms with E-state index in [0.29, 0.717) is 0 Å². The Kier molecular flexibility index (Phi) is 6.53. The van der Waals surface area contributed by atoms with Gasteiger partial charge in [-0.15, -0.1) is 0 Å². The van der Waals surface area contributed by atoms with Gasteiger partial charge in [0.15, 0.2) is 0 Å². The average Bonchev–Trinajstić information content (AvgIpc) is 3.56. The van der Waals surface area contributed by atoms with E-state index in [4.69, 9.17) is 4.42 Å². The van der Waals surface area contributed by atoms with E-state index in [1.165, 1.54) is 54.6 Å². The molecule has 0 fully saturated rings. The third-order valence-electron chi connectivity index (χ3n) is 10.0. The lowest BCUT2D eigenvalue weighted by molar-refractivity contribution is 0.669. The number of furan rings is 1. The van der Waals surface area contributed by atoms with Crippen LogP contribution in [-0.2, 0) is 0 Å². The molecule has 234 valence electrons. The highest BCUT2D eigenvalue weighted by atomic mass is 16.3. The van der Waals surface area contributed by atoms with Gasteiger partial charge >= 0.3 is 0 Å². The zero-order valence-corrected chi connectivity index (χ0v) is 27.3. The maximum atomic E-state index is 6.28. The minimum Gasteiger partial charge on any atom is -0.456 e. The van der Waals surface area contributed by atoms with Gasteiger partial charge in [0.2, 0.25) is 0 Å². The van der Waals surface area contributed by atoms with Crippen LogP contribution >= 0.6 is 0 Å². The lowest BCUT2D eigenvalue weighted by Gasteiger charge is -2.28. The first-order valence-corrected chi connectivity index (χ1v) is 17.1. The van der Waals surface area contributed by atoms with Gasteiger partial charge in [-0.3, -0.25) is 0 Å². The Balaban J connectivity index is 1.27. The topological polar surface area (TPSA) is 16.4 Å². The fraction of sp³-hybridized carbons (Fsp3) is 0. The number of nitrogens with zero attached hydrogens (tertiary/aromatic N) is 1. The quantitative estimate of drug-likeness (QED) is 0.175. The monoisotopic (exact) mass is 637 g/mol. The van der Waals surface area contributed by atoms with Gasteiger partial charge in [-0.2, -0.15) is 0 Å². The lowest BCUT2D eigenvalue weighted by Crippen LogP contribution is -2.11. The summed E-state index contributed by atoms with van der Waals surface area (Å²) in [5.41, 5.74) is 9.82. The van der Waals surface area contributed by atoms with Gasteiger partial charge in [-0.05, 0) is 91.6 Å². The Bertz CT molecular complexity index is 2870. The summed E-state index contributed by atoms with van der Waals surface area (Å²) in [6.07, 6.45) is 0. The summed E-state index contributed by atoms with van der Waals surface area (Å²) in [5.74, 6) is 0. The van der Waals surface area contributed by atoms with Crippen LogP contribution in [0.2, 0.25) is 0 Å². The molecule has 10 aromatic rings. The Morgan fingerprint density at radius 3 is 1.80 bits per heavy atom. The molecule has 0 saturated heterocycles. The standard InChI is InChI=1S/C48H31NO/c1-3-12-32(13-4-1)38-28-25-36(30-43(38)33-14-5-2-6-15-33)49(37-26-29-47-44(31-37)41-18-9-10-21-46(41)50-47)45-20-11-19-42-40(45)27-24-35-23-22-34-16-7-8-17-39(34)48(35)42/h1-31H. The van der Waals surface area contributed by atoms with Crippen molar-refractivity contribution in [3.05, 3.63) is 188 Å². The van der Waals surface area contributed by atoms with Crippen LogP contribution in [0.5, 0.6) is 0 Å². The van der Waals surface area contributed by atoms with Crippen LogP contribution in [0.25, 0.3) is 76.5 Å². The van der Waals surface area contributed by atoms with Crippen LogP contribution in [0.1, 0.15) is 0 Å². The van der Waals surface area contributed by atoms with Gasteiger partial charge < -0.3 is 9.32 Å². The van der Waals surface area contributed by atoms with Crippen molar-refractivity contribution < 1.29 is 4.42 Å². The van der Waals surface area contributed by atoms with Gasteiger partial charge in [0.05, 0.1) is 5.69 Å². The smallest absolute Gasteiger partial charge is 0.135 e. The Morgan fingerprint density at radius 2 is 0.960 bits per heavy atom. The molecule has 0 saturated carbocycles. The van der Waals surface area contributed by atoms with Crippen LogP contribution in [0.4, 0.5) is 17.1 Å². The van der Waals surface area contributed by atoms with Crippen LogP contribution in [-0.4, -0.2) is 0 Å². The second-order valence-corrected chi connectivity index (χ2v) is 12.9. The molecule has 0 radical (unpaired) electrons. The summed E-state index contributed by atoms with van der Waals surface area (Å²) in [6.45, 7) is 0. The van der Waals surface area contributed by atoms with E-state index in [1.807, 2.05) is 12.1 Å². The van der Waals surface area contributed by atoms with E-state index in [-0.39, 0.29) is 0 Å². The molecule has 0 atom stereocenters. The van der Waals surface area contributed by atoms with E-state index in [9.17, 15) is 0 Å². The van der Waals surface area contributed by atoms with Gasteiger partial charge in [-0.25, -0.2) is 0 Å². The van der Waals surface area contributed by atoms with Crippen molar-refractivity contribution >= 4 is 71.3 Å². The summed E-state index contributed by atoms with van der Waals surface area (Å²) in [7, 11) is 0. The molecule has 2 nitrogen and oxygen atoms in total. The van der Waals surface area contributed by atoms with E-state index < -0.39 is 0 Å². The van der Waals surface area contributed by atoms with Crippen molar-refractivity contribution in [1.82, 2.24) is 0 Å². The predicted molar refractivity (Wildman–Crippen MR) is 212 cm³/mol. The molecule has 0 aliphatic heterocycles. The van der Waals surface area contributed by atoms with Gasteiger partial charge in [0.1, 0.15) is 11.2 Å². The van der Waals surface area contributed by atoms with E-state index in [1.54, 1.807) is 0 Å². The molecule has 0 spiro atoms. The van der Waals surface area contributed by atoms with Crippen molar-refractivity contribution in [2.75, 3.05) is 4.90 Å². The Labute approximate surface area is 290 Å².